The second-order valence-corrected chi connectivity index (χ2v) is 5.76. The van der Waals surface area contributed by atoms with Crippen LogP contribution in [-0.2, 0) is 6.54 Å². The molecule has 0 aliphatic heterocycles. The minimum atomic E-state index is -0.136. The van der Waals surface area contributed by atoms with E-state index in [1.54, 1.807) is 4.57 Å². The molecule has 0 saturated heterocycles. The van der Waals surface area contributed by atoms with Gasteiger partial charge in [-0.1, -0.05) is 0 Å². The van der Waals surface area contributed by atoms with Gasteiger partial charge in [0, 0.05) is 18.3 Å². The molecule has 0 aromatic carbocycles. The van der Waals surface area contributed by atoms with Gasteiger partial charge in [0.1, 0.15) is 0 Å². The normalized spacial score (nSPS) is 15.1. The van der Waals surface area contributed by atoms with Gasteiger partial charge in [0.05, 0.1) is 10.2 Å². The second-order valence-electron chi connectivity index (χ2n) is 4.97. The van der Waals surface area contributed by atoms with Gasteiger partial charge >= 0.3 is 5.69 Å². The van der Waals surface area contributed by atoms with Gasteiger partial charge in [0.2, 0.25) is 0 Å². The zero-order chi connectivity index (χ0) is 13.1. The smallest absolute Gasteiger partial charge is 0.314 e. The van der Waals surface area contributed by atoms with Gasteiger partial charge in [-0.05, 0) is 62.0 Å². The number of hydrogen-bond acceptors (Lipinski definition) is 3. The number of aryl methyl sites for hydroxylation is 1. The van der Waals surface area contributed by atoms with Gasteiger partial charge in [-0.2, -0.15) is 4.98 Å². The van der Waals surface area contributed by atoms with Crippen LogP contribution in [0.5, 0.6) is 0 Å². The maximum Gasteiger partial charge on any atom is 0.348 e. The lowest BCUT2D eigenvalue weighted by atomic mass is 10.3. The Balaban J connectivity index is 1.87. The Labute approximate surface area is 116 Å². The van der Waals surface area contributed by atoms with Crippen LogP contribution < -0.4 is 11.0 Å². The van der Waals surface area contributed by atoms with E-state index in [2.05, 4.69) is 26.2 Å². The number of aromatic nitrogens is 2. The molecule has 2 rings (SSSR count). The first-order chi connectivity index (χ1) is 8.59. The Hall–Kier alpha value is -0.680. The quantitative estimate of drug-likeness (QED) is 0.819. The number of rotatable bonds is 6. The van der Waals surface area contributed by atoms with Gasteiger partial charge in [-0.25, -0.2) is 4.79 Å². The van der Waals surface area contributed by atoms with Crippen LogP contribution in [0.3, 0.4) is 0 Å². The van der Waals surface area contributed by atoms with Crippen molar-refractivity contribution in [3.63, 3.8) is 0 Å². The summed E-state index contributed by atoms with van der Waals surface area (Å²) in [7, 11) is 0. The van der Waals surface area contributed by atoms with Crippen molar-refractivity contribution in [1.29, 1.82) is 0 Å². The lowest BCUT2D eigenvalue weighted by Crippen LogP contribution is -2.27. The molecular weight excluding hydrogens is 294 g/mol. The van der Waals surface area contributed by atoms with Crippen molar-refractivity contribution < 1.29 is 0 Å². The summed E-state index contributed by atoms with van der Waals surface area (Å²) in [6.07, 6.45) is 4.77. The van der Waals surface area contributed by atoms with E-state index in [1.807, 2.05) is 13.8 Å². The predicted octanol–water partition coefficient (Wildman–Crippen LogP) is 2.15. The van der Waals surface area contributed by atoms with Crippen molar-refractivity contribution in [1.82, 2.24) is 14.9 Å². The molecule has 4 nitrogen and oxygen atoms in total. The van der Waals surface area contributed by atoms with Crippen LogP contribution in [0.4, 0.5) is 0 Å². The molecule has 1 N–H and O–H groups in total. The van der Waals surface area contributed by atoms with E-state index < -0.39 is 0 Å². The van der Waals surface area contributed by atoms with E-state index in [9.17, 15) is 4.79 Å². The fourth-order valence-electron chi connectivity index (χ4n) is 2.03. The summed E-state index contributed by atoms with van der Waals surface area (Å²) in [4.78, 5) is 15.8. The zero-order valence-electron chi connectivity index (χ0n) is 11.0. The Morgan fingerprint density at radius 2 is 2.11 bits per heavy atom. The average Bonchev–Trinajstić information content (AvgIpc) is 3.14. The molecule has 18 heavy (non-hydrogen) atoms. The van der Waals surface area contributed by atoms with Crippen LogP contribution in [0, 0.1) is 13.8 Å². The molecule has 0 unspecified atom stereocenters. The SMILES string of the molecule is Cc1nc(=O)n(CCCCNC2CC2)c(C)c1Br. The highest BCUT2D eigenvalue weighted by atomic mass is 79.9. The highest BCUT2D eigenvalue weighted by molar-refractivity contribution is 9.10. The van der Waals surface area contributed by atoms with E-state index >= 15 is 0 Å². The van der Waals surface area contributed by atoms with Crippen molar-refractivity contribution in [3.8, 4) is 0 Å². The fourth-order valence-corrected chi connectivity index (χ4v) is 2.33. The zero-order valence-corrected chi connectivity index (χ0v) is 12.6. The van der Waals surface area contributed by atoms with Crippen molar-refractivity contribution in [2.75, 3.05) is 6.54 Å². The maximum atomic E-state index is 11.8. The molecule has 0 amide bonds. The Kier molecular flexibility index (Phi) is 4.56. The number of halogens is 1. The highest BCUT2D eigenvalue weighted by Crippen LogP contribution is 2.19. The lowest BCUT2D eigenvalue weighted by molar-refractivity contribution is 0.540. The van der Waals surface area contributed by atoms with E-state index in [1.165, 1.54) is 12.8 Å². The molecule has 100 valence electrons. The molecule has 1 aliphatic rings. The molecular formula is C13H20BrN3O. The molecule has 0 spiro atoms. The van der Waals surface area contributed by atoms with Crippen molar-refractivity contribution >= 4 is 15.9 Å². The molecule has 0 atom stereocenters. The third kappa shape index (κ3) is 3.42. The van der Waals surface area contributed by atoms with E-state index in [-0.39, 0.29) is 5.69 Å². The highest BCUT2D eigenvalue weighted by Gasteiger charge is 2.19. The molecule has 0 bridgehead atoms. The summed E-state index contributed by atoms with van der Waals surface area (Å²) < 4.78 is 2.70. The van der Waals surface area contributed by atoms with Crippen LogP contribution in [0.2, 0.25) is 0 Å². The molecule has 1 saturated carbocycles. The Morgan fingerprint density at radius 1 is 1.39 bits per heavy atom. The number of nitrogens with zero attached hydrogens (tertiary/aromatic N) is 2. The third-order valence-corrected chi connectivity index (χ3v) is 4.50. The standard InChI is InChI=1S/C13H20BrN3O/c1-9-12(14)10(2)17(13(18)16-9)8-4-3-7-15-11-5-6-11/h11,15H,3-8H2,1-2H3. The summed E-state index contributed by atoms with van der Waals surface area (Å²) in [5.74, 6) is 0. The fraction of sp³-hybridized carbons (Fsp3) is 0.692. The minimum absolute atomic E-state index is 0.136. The predicted molar refractivity (Wildman–Crippen MR) is 75.9 cm³/mol. The molecule has 5 heteroatoms. The molecule has 0 radical (unpaired) electrons. The summed E-state index contributed by atoms with van der Waals surface area (Å²) in [5.41, 5.74) is 1.61. The van der Waals surface area contributed by atoms with Gasteiger partial charge in [-0.3, -0.25) is 4.57 Å². The first-order valence-corrected chi connectivity index (χ1v) is 7.36. The third-order valence-electron chi connectivity index (χ3n) is 3.35. The first-order valence-electron chi connectivity index (χ1n) is 6.56. The summed E-state index contributed by atoms with van der Waals surface area (Å²) in [6, 6.07) is 0.768. The van der Waals surface area contributed by atoms with Gasteiger partial charge < -0.3 is 5.32 Å². The van der Waals surface area contributed by atoms with Crippen LogP contribution in [-0.4, -0.2) is 22.1 Å². The lowest BCUT2D eigenvalue weighted by Gasteiger charge is -2.12. The van der Waals surface area contributed by atoms with Gasteiger partial charge in [0.25, 0.3) is 0 Å². The molecule has 1 aromatic heterocycles. The van der Waals surface area contributed by atoms with Gasteiger partial charge in [0.15, 0.2) is 0 Å². The van der Waals surface area contributed by atoms with E-state index in [0.29, 0.717) is 0 Å². The van der Waals surface area contributed by atoms with Crippen LogP contribution in [0.1, 0.15) is 37.1 Å². The number of unbranched alkanes of at least 4 members (excludes halogenated alkanes) is 1. The monoisotopic (exact) mass is 313 g/mol. The molecule has 1 aliphatic carbocycles. The molecule has 1 aromatic rings. The number of hydrogen-bond donors (Lipinski definition) is 1. The maximum absolute atomic E-state index is 11.8. The number of nitrogens with one attached hydrogen (secondary N) is 1. The largest absolute Gasteiger partial charge is 0.348 e. The first kappa shape index (κ1) is 13.7. The average molecular weight is 314 g/mol. The Bertz CT molecular complexity index is 480. The van der Waals surface area contributed by atoms with Crippen molar-refractivity contribution in [2.45, 2.75) is 52.1 Å². The minimum Gasteiger partial charge on any atom is -0.314 e. The summed E-state index contributed by atoms with van der Waals surface area (Å²) in [6.45, 7) is 5.62. The Morgan fingerprint density at radius 3 is 2.78 bits per heavy atom. The van der Waals surface area contributed by atoms with Crippen molar-refractivity contribution in [3.05, 3.63) is 26.3 Å². The van der Waals surface area contributed by atoms with Crippen LogP contribution in [0.15, 0.2) is 9.27 Å². The van der Waals surface area contributed by atoms with Crippen molar-refractivity contribution in [2.24, 2.45) is 0 Å². The second kappa shape index (κ2) is 5.97. The molecule has 1 fully saturated rings. The summed E-state index contributed by atoms with van der Waals surface area (Å²) in [5, 5.41) is 3.48. The van der Waals surface area contributed by atoms with E-state index in [0.717, 1.165) is 47.8 Å². The molecule has 1 heterocycles. The van der Waals surface area contributed by atoms with E-state index in [4.69, 9.17) is 0 Å². The summed E-state index contributed by atoms with van der Waals surface area (Å²) >= 11 is 3.48. The van der Waals surface area contributed by atoms with Gasteiger partial charge in [-0.15, -0.1) is 0 Å². The topological polar surface area (TPSA) is 46.9 Å². The van der Waals surface area contributed by atoms with Crippen LogP contribution in [0.25, 0.3) is 0 Å². The van der Waals surface area contributed by atoms with Crippen LogP contribution >= 0.6 is 15.9 Å².